The predicted molar refractivity (Wildman–Crippen MR) is 103 cm³/mol. The molecule has 0 heteroatoms. The summed E-state index contributed by atoms with van der Waals surface area (Å²) in [6.07, 6.45) is 5.35. The maximum absolute atomic E-state index is 2.45. The molecule has 0 aromatic heterocycles. The van der Waals surface area contributed by atoms with Crippen LogP contribution in [-0.4, -0.2) is 0 Å². The second-order valence-electron chi connectivity index (χ2n) is 6.91. The van der Waals surface area contributed by atoms with Gasteiger partial charge in [0, 0.05) is 0 Å². The Bertz CT molecular complexity index is 187. The summed E-state index contributed by atoms with van der Waals surface area (Å²) < 4.78 is 0. The van der Waals surface area contributed by atoms with Crippen LogP contribution in [0.3, 0.4) is 0 Å². The first-order valence-corrected chi connectivity index (χ1v) is 9.83. The highest BCUT2D eigenvalue weighted by atomic mass is 14.4. The van der Waals surface area contributed by atoms with Gasteiger partial charge in [0.15, 0.2) is 0 Å². The van der Waals surface area contributed by atoms with Crippen LogP contribution in [0.2, 0.25) is 0 Å². The summed E-state index contributed by atoms with van der Waals surface area (Å²) in [4.78, 5) is 0. The molecule has 0 N–H and O–H groups in total. The lowest BCUT2D eigenvalue weighted by Crippen LogP contribution is -2.34. The van der Waals surface area contributed by atoms with Gasteiger partial charge in [0.1, 0.15) is 0 Å². The number of hydrogen-bond acceptors (Lipinski definition) is 0. The van der Waals surface area contributed by atoms with E-state index in [1.54, 1.807) is 0 Å². The minimum absolute atomic E-state index is 0.455. The van der Waals surface area contributed by atoms with Gasteiger partial charge in [0.25, 0.3) is 0 Å². The van der Waals surface area contributed by atoms with Gasteiger partial charge in [-0.1, -0.05) is 109 Å². The summed E-state index contributed by atoms with van der Waals surface area (Å²) in [7, 11) is 0. The topological polar surface area (TPSA) is 0 Å². The third-order valence-corrected chi connectivity index (χ3v) is 4.94. The molecule has 0 aromatic rings. The standard InChI is InChI=1S/C17H36.2C2H6/c1-9-13(5)14(10-2)15(11-3)16(12-4)17(6,7)8;2*1-2/h13-16H,9-12H2,1-8H3;2*1-2H3. The fraction of sp³-hybridized carbons (Fsp3) is 1.00. The second kappa shape index (κ2) is 14.9. The van der Waals surface area contributed by atoms with E-state index in [2.05, 4.69) is 55.4 Å². The molecule has 0 aliphatic heterocycles. The van der Waals surface area contributed by atoms with Crippen molar-refractivity contribution in [1.29, 1.82) is 0 Å². The Morgan fingerprint density at radius 3 is 1.19 bits per heavy atom. The van der Waals surface area contributed by atoms with E-state index in [1.807, 2.05) is 27.7 Å². The average Bonchev–Trinajstić information content (AvgIpc) is 2.49. The van der Waals surface area contributed by atoms with Gasteiger partial charge < -0.3 is 0 Å². The summed E-state index contributed by atoms with van der Waals surface area (Å²) in [5, 5.41) is 0. The van der Waals surface area contributed by atoms with Crippen molar-refractivity contribution in [2.45, 2.75) is 109 Å². The maximum atomic E-state index is 2.45. The van der Waals surface area contributed by atoms with Gasteiger partial charge >= 0.3 is 0 Å². The molecule has 0 radical (unpaired) electrons. The minimum atomic E-state index is 0.455. The molecule has 0 aliphatic rings. The largest absolute Gasteiger partial charge is 0.0683 e. The van der Waals surface area contributed by atoms with Crippen LogP contribution in [0, 0.1) is 29.1 Å². The normalized spacial score (nSPS) is 16.6. The molecular weight excluding hydrogens is 252 g/mol. The zero-order valence-electron chi connectivity index (χ0n) is 17.6. The first kappa shape index (κ1) is 25.9. The molecule has 0 spiro atoms. The molecule has 0 aliphatic carbocycles. The van der Waals surface area contributed by atoms with E-state index in [4.69, 9.17) is 0 Å². The quantitative estimate of drug-likeness (QED) is 0.444. The highest BCUT2D eigenvalue weighted by molar-refractivity contribution is 4.84. The Labute approximate surface area is 138 Å². The van der Waals surface area contributed by atoms with Crippen molar-refractivity contribution in [2.75, 3.05) is 0 Å². The lowest BCUT2D eigenvalue weighted by molar-refractivity contribution is 0.0726. The Balaban J connectivity index is -0.000000739. The molecule has 0 fully saturated rings. The monoisotopic (exact) mass is 300 g/mol. The van der Waals surface area contributed by atoms with E-state index in [9.17, 15) is 0 Å². The Morgan fingerprint density at radius 1 is 0.619 bits per heavy atom. The van der Waals surface area contributed by atoms with Gasteiger partial charge in [-0.05, 0) is 29.1 Å². The fourth-order valence-corrected chi connectivity index (χ4v) is 3.87. The molecule has 0 amide bonds. The zero-order chi connectivity index (χ0) is 17.6. The van der Waals surface area contributed by atoms with Crippen LogP contribution in [0.1, 0.15) is 109 Å². The summed E-state index contributed by atoms with van der Waals surface area (Å²) >= 11 is 0. The summed E-state index contributed by atoms with van der Waals surface area (Å²) in [6.45, 7) is 27.2. The first-order chi connectivity index (χ1) is 9.83. The summed E-state index contributed by atoms with van der Waals surface area (Å²) in [5.41, 5.74) is 0.455. The molecule has 0 nitrogen and oxygen atoms in total. The zero-order valence-corrected chi connectivity index (χ0v) is 17.6. The molecule has 0 rings (SSSR count). The molecule has 0 saturated carbocycles. The van der Waals surface area contributed by atoms with Crippen molar-refractivity contribution in [3.8, 4) is 0 Å². The molecule has 4 atom stereocenters. The highest BCUT2D eigenvalue weighted by Gasteiger charge is 2.35. The van der Waals surface area contributed by atoms with Crippen LogP contribution in [0.5, 0.6) is 0 Å². The van der Waals surface area contributed by atoms with Crippen LogP contribution < -0.4 is 0 Å². The van der Waals surface area contributed by atoms with Crippen molar-refractivity contribution in [3.63, 3.8) is 0 Å². The highest BCUT2D eigenvalue weighted by Crippen LogP contribution is 2.43. The first-order valence-electron chi connectivity index (χ1n) is 9.83. The lowest BCUT2D eigenvalue weighted by Gasteiger charge is -2.42. The number of rotatable bonds is 7. The van der Waals surface area contributed by atoms with Crippen LogP contribution in [0.4, 0.5) is 0 Å². The van der Waals surface area contributed by atoms with Gasteiger partial charge in [-0.25, -0.2) is 0 Å². The van der Waals surface area contributed by atoms with E-state index in [-0.39, 0.29) is 0 Å². The number of hydrogen-bond donors (Lipinski definition) is 0. The molecular formula is C21H48. The van der Waals surface area contributed by atoms with Crippen molar-refractivity contribution < 1.29 is 0 Å². The van der Waals surface area contributed by atoms with Gasteiger partial charge in [-0.2, -0.15) is 0 Å². The van der Waals surface area contributed by atoms with Crippen molar-refractivity contribution in [3.05, 3.63) is 0 Å². The van der Waals surface area contributed by atoms with Crippen LogP contribution in [0.25, 0.3) is 0 Å². The van der Waals surface area contributed by atoms with Crippen LogP contribution in [0.15, 0.2) is 0 Å². The molecule has 0 saturated heterocycles. The van der Waals surface area contributed by atoms with E-state index >= 15 is 0 Å². The van der Waals surface area contributed by atoms with E-state index < -0.39 is 0 Å². The van der Waals surface area contributed by atoms with E-state index in [0.29, 0.717) is 5.41 Å². The smallest absolute Gasteiger partial charge is 0.0337 e. The SMILES string of the molecule is CC.CC.CCC(C)C(CC)C(CC)C(CC)C(C)(C)C. The lowest BCUT2D eigenvalue weighted by atomic mass is 9.63. The van der Waals surface area contributed by atoms with Gasteiger partial charge in [-0.3, -0.25) is 0 Å². The van der Waals surface area contributed by atoms with Crippen molar-refractivity contribution >= 4 is 0 Å². The van der Waals surface area contributed by atoms with Gasteiger partial charge in [0.2, 0.25) is 0 Å². The fourth-order valence-electron chi connectivity index (χ4n) is 3.87. The maximum Gasteiger partial charge on any atom is -0.0337 e. The minimum Gasteiger partial charge on any atom is -0.0683 e. The molecule has 0 aromatic carbocycles. The van der Waals surface area contributed by atoms with E-state index in [0.717, 1.165) is 23.7 Å². The Hall–Kier alpha value is 0. The summed E-state index contributed by atoms with van der Waals surface area (Å²) in [6, 6.07) is 0. The average molecular weight is 301 g/mol. The van der Waals surface area contributed by atoms with Gasteiger partial charge in [-0.15, -0.1) is 0 Å². The van der Waals surface area contributed by atoms with E-state index in [1.165, 1.54) is 25.7 Å². The molecule has 4 unspecified atom stereocenters. The van der Waals surface area contributed by atoms with Crippen molar-refractivity contribution in [1.82, 2.24) is 0 Å². The van der Waals surface area contributed by atoms with Crippen LogP contribution >= 0.6 is 0 Å². The Kier molecular flexibility index (Phi) is 18.4. The third-order valence-electron chi connectivity index (χ3n) is 4.94. The van der Waals surface area contributed by atoms with Gasteiger partial charge in [0.05, 0.1) is 0 Å². The summed E-state index contributed by atoms with van der Waals surface area (Å²) in [5.74, 6) is 3.56. The predicted octanol–water partition coefficient (Wildman–Crippen LogP) is 8.21. The second-order valence-corrected chi connectivity index (χ2v) is 6.91. The van der Waals surface area contributed by atoms with Crippen LogP contribution in [-0.2, 0) is 0 Å². The third kappa shape index (κ3) is 9.59. The molecule has 132 valence electrons. The molecule has 0 bridgehead atoms. The Morgan fingerprint density at radius 2 is 1.00 bits per heavy atom. The molecule has 21 heavy (non-hydrogen) atoms. The molecule has 0 heterocycles. The van der Waals surface area contributed by atoms with Crippen molar-refractivity contribution in [2.24, 2.45) is 29.1 Å².